The summed E-state index contributed by atoms with van der Waals surface area (Å²) in [5.41, 5.74) is 1.48. The van der Waals surface area contributed by atoms with E-state index in [1.165, 1.54) is 12.1 Å². The lowest BCUT2D eigenvalue weighted by atomic mass is 9.94. The minimum atomic E-state index is -0.412. The summed E-state index contributed by atoms with van der Waals surface area (Å²) < 4.78 is 13.3. The maximum atomic E-state index is 13.3. The van der Waals surface area contributed by atoms with Crippen LogP contribution in [0, 0.1) is 11.7 Å². The van der Waals surface area contributed by atoms with Gasteiger partial charge in [-0.15, -0.1) is 0 Å². The largest absolute Gasteiger partial charge is 0.339 e. The third-order valence-electron chi connectivity index (χ3n) is 5.11. The monoisotopic (exact) mass is 368 g/mol. The van der Waals surface area contributed by atoms with Crippen LogP contribution in [0.3, 0.4) is 0 Å². The molecule has 1 aliphatic rings. The highest BCUT2D eigenvalue weighted by molar-refractivity contribution is 5.94. The molecule has 0 spiro atoms. The van der Waals surface area contributed by atoms with Crippen LogP contribution in [-0.2, 0) is 11.3 Å². The van der Waals surface area contributed by atoms with Crippen molar-refractivity contribution in [1.82, 2.24) is 9.80 Å². The summed E-state index contributed by atoms with van der Waals surface area (Å²) >= 11 is 0. The van der Waals surface area contributed by atoms with Gasteiger partial charge < -0.3 is 9.80 Å². The van der Waals surface area contributed by atoms with Crippen molar-refractivity contribution in [1.29, 1.82) is 0 Å². The van der Waals surface area contributed by atoms with Crippen molar-refractivity contribution in [2.45, 2.75) is 26.3 Å². The molecule has 27 heavy (non-hydrogen) atoms. The maximum Gasteiger partial charge on any atom is 0.253 e. The normalized spacial score (nSPS) is 14.8. The van der Waals surface area contributed by atoms with Gasteiger partial charge in [0, 0.05) is 37.7 Å². The average molecular weight is 368 g/mol. The fourth-order valence-corrected chi connectivity index (χ4v) is 3.54. The van der Waals surface area contributed by atoms with Crippen LogP contribution in [0.1, 0.15) is 35.7 Å². The van der Waals surface area contributed by atoms with Gasteiger partial charge in [0.15, 0.2) is 0 Å². The number of nitrogens with zero attached hydrogens (tertiary/aromatic N) is 2. The second-order valence-corrected chi connectivity index (χ2v) is 6.91. The predicted octanol–water partition coefficient (Wildman–Crippen LogP) is 3.73. The van der Waals surface area contributed by atoms with Gasteiger partial charge in [0.25, 0.3) is 5.91 Å². The van der Waals surface area contributed by atoms with Gasteiger partial charge in [-0.2, -0.15) is 0 Å². The van der Waals surface area contributed by atoms with E-state index < -0.39 is 5.82 Å². The number of piperidine rings is 1. The van der Waals surface area contributed by atoms with Gasteiger partial charge >= 0.3 is 0 Å². The number of hydrogen-bond acceptors (Lipinski definition) is 2. The second-order valence-electron chi connectivity index (χ2n) is 6.91. The van der Waals surface area contributed by atoms with Gasteiger partial charge in [-0.05, 0) is 43.5 Å². The van der Waals surface area contributed by atoms with Crippen molar-refractivity contribution in [3.05, 3.63) is 71.5 Å². The molecule has 4 nitrogen and oxygen atoms in total. The van der Waals surface area contributed by atoms with Gasteiger partial charge in [-0.25, -0.2) is 4.39 Å². The fourth-order valence-electron chi connectivity index (χ4n) is 3.54. The number of likely N-dealkylation sites (tertiary alicyclic amines) is 1. The molecule has 0 N–H and O–H groups in total. The van der Waals surface area contributed by atoms with E-state index in [0.717, 1.165) is 5.56 Å². The summed E-state index contributed by atoms with van der Waals surface area (Å²) in [6, 6.07) is 15.7. The molecular weight excluding hydrogens is 343 g/mol. The Bertz CT molecular complexity index is 786. The first-order valence-corrected chi connectivity index (χ1v) is 9.46. The topological polar surface area (TPSA) is 40.6 Å². The van der Waals surface area contributed by atoms with E-state index >= 15 is 0 Å². The molecule has 2 aromatic carbocycles. The number of amides is 2. The van der Waals surface area contributed by atoms with Crippen molar-refractivity contribution in [2.24, 2.45) is 5.92 Å². The molecule has 0 saturated carbocycles. The Kier molecular flexibility index (Phi) is 6.22. The van der Waals surface area contributed by atoms with E-state index in [9.17, 15) is 14.0 Å². The van der Waals surface area contributed by atoms with Crippen LogP contribution in [-0.4, -0.2) is 41.2 Å². The van der Waals surface area contributed by atoms with Crippen LogP contribution in [0.25, 0.3) is 0 Å². The summed E-state index contributed by atoms with van der Waals surface area (Å²) in [5.74, 6) is -0.494. The zero-order valence-corrected chi connectivity index (χ0v) is 15.6. The predicted molar refractivity (Wildman–Crippen MR) is 103 cm³/mol. The van der Waals surface area contributed by atoms with Gasteiger partial charge in [0.1, 0.15) is 5.82 Å². The second kappa shape index (κ2) is 8.80. The van der Waals surface area contributed by atoms with E-state index in [1.54, 1.807) is 17.0 Å². The molecule has 3 rings (SSSR count). The quantitative estimate of drug-likeness (QED) is 0.807. The van der Waals surface area contributed by atoms with E-state index in [0.29, 0.717) is 44.6 Å². The Hall–Kier alpha value is -2.69. The highest BCUT2D eigenvalue weighted by Crippen LogP contribution is 2.22. The number of benzene rings is 2. The highest BCUT2D eigenvalue weighted by Gasteiger charge is 2.30. The standard InChI is InChI=1S/C22H25FN2O2/c1-2-24(16-17-7-4-3-5-8-17)21(26)18-11-13-25(14-12-18)22(27)19-9-6-10-20(23)15-19/h3-10,15,18H,2,11-14,16H2,1H3. The Labute approximate surface area is 159 Å². The molecule has 142 valence electrons. The van der Waals surface area contributed by atoms with Gasteiger partial charge in [0.05, 0.1) is 0 Å². The van der Waals surface area contributed by atoms with Crippen LogP contribution in [0.2, 0.25) is 0 Å². The minimum absolute atomic E-state index is 0.0646. The molecule has 1 aliphatic heterocycles. The molecule has 1 saturated heterocycles. The van der Waals surface area contributed by atoms with Gasteiger partial charge in [-0.1, -0.05) is 36.4 Å². The summed E-state index contributed by atoms with van der Waals surface area (Å²) in [4.78, 5) is 29.0. The third kappa shape index (κ3) is 4.73. The first-order valence-electron chi connectivity index (χ1n) is 9.46. The summed E-state index contributed by atoms with van der Waals surface area (Å²) in [5, 5.41) is 0. The van der Waals surface area contributed by atoms with Crippen LogP contribution in [0.15, 0.2) is 54.6 Å². The number of carbonyl (C=O) groups is 2. The van der Waals surface area contributed by atoms with Crippen molar-refractivity contribution in [2.75, 3.05) is 19.6 Å². The van der Waals surface area contributed by atoms with Crippen LogP contribution < -0.4 is 0 Å². The Morgan fingerprint density at radius 3 is 2.41 bits per heavy atom. The SMILES string of the molecule is CCN(Cc1ccccc1)C(=O)C1CCN(C(=O)c2cccc(F)c2)CC1. The molecule has 0 unspecified atom stereocenters. The van der Waals surface area contributed by atoms with Crippen LogP contribution >= 0.6 is 0 Å². The lowest BCUT2D eigenvalue weighted by Gasteiger charge is -2.34. The lowest BCUT2D eigenvalue weighted by Crippen LogP contribution is -2.44. The molecule has 1 fully saturated rings. The van der Waals surface area contributed by atoms with Crippen LogP contribution in [0.5, 0.6) is 0 Å². The first kappa shape index (κ1) is 19.1. The third-order valence-corrected chi connectivity index (χ3v) is 5.11. The van der Waals surface area contributed by atoms with Crippen molar-refractivity contribution in [3.8, 4) is 0 Å². The lowest BCUT2D eigenvalue weighted by molar-refractivity contribution is -0.137. The van der Waals surface area contributed by atoms with Gasteiger partial charge in [-0.3, -0.25) is 9.59 Å². The Balaban J connectivity index is 1.57. The smallest absolute Gasteiger partial charge is 0.253 e. The number of rotatable bonds is 5. The van der Waals surface area contributed by atoms with Crippen molar-refractivity contribution in [3.63, 3.8) is 0 Å². The molecule has 1 heterocycles. The fraction of sp³-hybridized carbons (Fsp3) is 0.364. The number of carbonyl (C=O) groups excluding carboxylic acids is 2. The molecule has 0 aliphatic carbocycles. The van der Waals surface area contributed by atoms with Crippen LogP contribution in [0.4, 0.5) is 4.39 Å². The summed E-state index contributed by atoms with van der Waals surface area (Å²) in [6.07, 6.45) is 1.29. The van der Waals surface area contributed by atoms with Crippen molar-refractivity contribution < 1.29 is 14.0 Å². The van der Waals surface area contributed by atoms with E-state index in [4.69, 9.17) is 0 Å². The Morgan fingerprint density at radius 1 is 1.07 bits per heavy atom. The van der Waals surface area contributed by atoms with E-state index in [1.807, 2.05) is 42.2 Å². The first-order chi connectivity index (χ1) is 13.1. The van der Waals surface area contributed by atoms with E-state index in [2.05, 4.69) is 0 Å². The maximum absolute atomic E-state index is 13.3. The zero-order valence-electron chi connectivity index (χ0n) is 15.6. The minimum Gasteiger partial charge on any atom is -0.339 e. The summed E-state index contributed by atoms with van der Waals surface area (Å²) in [6.45, 7) is 4.31. The molecule has 0 bridgehead atoms. The van der Waals surface area contributed by atoms with Crippen molar-refractivity contribution >= 4 is 11.8 Å². The molecule has 2 amide bonds. The average Bonchev–Trinajstić information content (AvgIpc) is 2.72. The molecule has 0 aromatic heterocycles. The molecule has 0 atom stereocenters. The zero-order chi connectivity index (χ0) is 19.2. The summed E-state index contributed by atoms with van der Waals surface area (Å²) in [7, 11) is 0. The molecule has 5 heteroatoms. The number of halogens is 1. The Morgan fingerprint density at radius 2 is 1.78 bits per heavy atom. The number of hydrogen-bond donors (Lipinski definition) is 0. The molecular formula is C22H25FN2O2. The molecule has 2 aromatic rings. The van der Waals surface area contributed by atoms with E-state index in [-0.39, 0.29) is 17.7 Å². The highest BCUT2D eigenvalue weighted by atomic mass is 19.1. The van der Waals surface area contributed by atoms with Gasteiger partial charge in [0.2, 0.25) is 5.91 Å². The molecule has 0 radical (unpaired) electrons.